The van der Waals surface area contributed by atoms with Gasteiger partial charge in [0, 0.05) is 18.8 Å². The Hall–Kier alpha value is -2.61. The third-order valence-corrected chi connectivity index (χ3v) is 5.99. The number of hydrogen-bond acceptors (Lipinski definition) is 6. The highest BCUT2D eigenvalue weighted by Crippen LogP contribution is 2.14. The second kappa shape index (κ2) is 7.74. The molecule has 1 atom stereocenters. The molecule has 0 bridgehead atoms. The van der Waals surface area contributed by atoms with Crippen molar-refractivity contribution >= 4 is 21.6 Å². The summed E-state index contributed by atoms with van der Waals surface area (Å²) in [5.74, 6) is 1.29. The van der Waals surface area contributed by atoms with E-state index in [-0.39, 0.29) is 23.5 Å². The van der Waals surface area contributed by atoms with Gasteiger partial charge in [-0.3, -0.25) is 4.79 Å². The van der Waals surface area contributed by atoms with Gasteiger partial charge in [-0.2, -0.15) is 0 Å². The van der Waals surface area contributed by atoms with E-state index in [9.17, 15) is 13.2 Å². The molecule has 3 rings (SSSR count). The molecule has 1 aromatic carbocycles. The van der Waals surface area contributed by atoms with Gasteiger partial charge >= 0.3 is 0 Å². The minimum Gasteiger partial charge on any atom is -0.497 e. The quantitative estimate of drug-likeness (QED) is 0.796. The van der Waals surface area contributed by atoms with E-state index in [0.29, 0.717) is 24.3 Å². The van der Waals surface area contributed by atoms with Gasteiger partial charge in [0.25, 0.3) is 5.91 Å². The number of nitrogens with zero attached hydrogens (tertiary/aromatic N) is 1. The molecule has 1 unspecified atom stereocenters. The maximum Gasteiger partial charge on any atom is 0.253 e. The number of ether oxygens (including phenoxy) is 1. The van der Waals surface area contributed by atoms with E-state index in [2.05, 4.69) is 15.6 Å². The van der Waals surface area contributed by atoms with Crippen LogP contribution in [0.25, 0.3) is 0 Å². The van der Waals surface area contributed by atoms with Crippen molar-refractivity contribution in [1.82, 2.24) is 10.3 Å². The molecule has 1 aromatic heterocycles. The van der Waals surface area contributed by atoms with Gasteiger partial charge in [-0.15, -0.1) is 0 Å². The monoisotopic (exact) mass is 375 g/mol. The Balaban J connectivity index is 1.53. The van der Waals surface area contributed by atoms with Crippen molar-refractivity contribution in [3.8, 4) is 5.75 Å². The van der Waals surface area contributed by atoms with E-state index in [0.717, 1.165) is 11.3 Å². The summed E-state index contributed by atoms with van der Waals surface area (Å²) in [5.41, 5.74) is 1.49. The number of carbonyl (C=O) groups is 1. The van der Waals surface area contributed by atoms with Crippen LogP contribution in [0.4, 0.5) is 5.82 Å². The fourth-order valence-corrected chi connectivity index (χ4v) is 4.42. The summed E-state index contributed by atoms with van der Waals surface area (Å²) in [6.45, 7) is 0.600. The highest BCUT2D eigenvalue weighted by atomic mass is 32.2. The van der Waals surface area contributed by atoms with Crippen molar-refractivity contribution in [1.29, 1.82) is 0 Å². The number of amides is 1. The van der Waals surface area contributed by atoms with Gasteiger partial charge in [-0.1, -0.05) is 12.1 Å². The molecule has 138 valence electrons. The SMILES string of the molecule is COc1ccc(CNc2ccc(C(=O)NC3CCS(=O)(=O)C3)cn2)cc1. The first-order valence-electron chi connectivity index (χ1n) is 8.29. The second-order valence-electron chi connectivity index (χ2n) is 6.21. The molecule has 2 heterocycles. The summed E-state index contributed by atoms with van der Waals surface area (Å²) in [4.78, 5) is 16.4. The predicted molar refractivity (Wildman–Crippen MR) is 99.1 cm³/mol. The van der Waals surface area contributed by atoms with Crippen molar-refractivity contribution < 1.29 is 17.9 Å². The Bertz CT molecular complexity index is 864. The van der Waals surface area contributed by atoms with Crippen molar-refractivity contribution in [3.63, 3.8) is 0 Å². The minimum atomic E-state index is -3.02. The summed E-state index contributed by atoms with van der Waals surface area (Å²) in [5, 5.41) is 5.93. The lowest BCUT2D eigenvalue weighted by Crippen LogP contribution is -2.35. The van der Waals surface area contributed by atoms with Crippen molar-refractivity contribution in [2.45, 2.75) is 19.0 Å². The van der Waals surface area contributed by atoms with E-state index < -0.39 is 9.84 Å². The molecule has 0 aliphatic carbocycles. The summed E-state index contributed by atoms with van der Waals surface area (Å²) >= 11 is 0. The van der Waals surface area contributed by atoms with Crippen molar-refractivity contribution in [2.75, 3.05) is 23.9 Å². The lowest BCUT2D eigenvalue weighted by Gasteiger charge is -2.11. The van der Waals surface area contributed by atoms with Gasteiger partial charge in [0.15, 0.2) is 9.84 Å². The Morgan fingerprint density at radius 2 is 2.00 bits per heavy atom. The van der Waals surface area contributed by atoms with Crippen LogP contribution < -0.4 is 15.4 Å². The number of pyridine rings is 1. The molecule has 7 nitrogen and oxygen atoms in total. The highest BCUT2D eigenvalue weighted by molar-refractivity contribution is 7.91. The van der Waals surface area contributed by atoms with Gasteiger partial charge in [-0.05, 0) is 36.2 Å². The molecule has 1 saturated heterocycles. The third kappa shape index (κ3) is 4.72. The number of benzene rings is 1. The average Bonchev–Trinajstić information content (AvgIpc) is 2.99. The Morgan fingerprint density at radius 3 is 2.58 bits per heavy atom. The highest BCUT2D eigenvalue weighted by Gasteiger charge is 2.29. The largest absolute Gasteiger partial charge is 0.497 e. The summed E-state index contributed by atoms with van der Waals surface area (Å²) in [7, 11) is -1.39. The number of nitrogens with one attached hydrogen (secondary N) is 2. The number of aromatic nitrogens is 1. The molecular weight excluding hydrogens is 354 g/mol. The molecule has 1 aliphatic rings. The average molecular weight is 375 g/mol. The second-order valence-corrected chi connectivity index (χ2v) is 8.44. The topological polar surface area (TPSA) is 97.4 Å². The first-order valence-corrected chi connectivity index (χ1v) is 10.1. The molecule has 0 spiro atoms. The first-order chi connectivity index (χ1) is 12.4. The van der Waals surface area contributed by atoms with Crippen LogP contribution in [-0.2, 0) is 16.4 Å². The van der Waals surface area contributed by atoms with Crippen LogP contribution in [0.1, 0.15) is 22.3 Å². The zero-order chi connectivity index (χ0) is 18.6. The molecule has 1 aliphatic heterocycles. The molecule has 0 radical (unpaired) electrons. The van der Waals surface area contributed by atoms with Crippen molar-refractivity contribution in [2.24, 2.45) is 0 Å². The number of rotatable bonds is 6. The number of carbonyl (C=O) groups excluding carboxylic acids is 1. The van der Waals surface area contributed by atoms with Crippen LogP contribution in [0.3, 0.4) is 0 Å². The standard InChI is InChI=1S/C18H21N3O4S/c1-25-16-5-2-13(3-6-16)10-19-17-7-4-14(11-20-17)18(22)21-15-8-9-26(23,24)12-15/h2-7,11,15H,8-10,12H2,1H3,(H,19,20)(H,21,22). The number of anilines is 1. The van der Waals surface area contributed by atoms with Crippen LogP contribution in [0, 0.1) is 0 Å². The van der Waals surface area contributed by atoms with Gasteiger partial charge in [0.2, 0.25) is 0 Å². The van der Waals surface area contributed by atoms with Crippen LogP contribution in [-0.4, -0.2) is 44.0 Å². The van der Waals surface area contributed by atoms with E-state index >= 15 is 0 Å². The van der Waals surface area contributed by atoms with Gasteiger partial charge in [0.05, 0.1) is 24.2 Å². The molecule has 2 aromatic rings. The van der Waals surface area contributed by atoms with Crippen molar-refractivity contribution in [3.05, 3.63) is 53.7 Å². The zero-order valence-corrected chi connectivity index (χ0v) is 15.3. The van der Waals surface area contributed by atoms with E-state index in [1.54, 1.807) is 19.2 Å². The Labute approximate surface area is 152 Å². The van der Waals surface area contributed by atoms with E-state index in [1.807, 2.05) is 24.3 Å². The molecule has 1 amide bonds. The molecule has 0 saturated carbocycles. The molecule has 8 heteroatoms. The molecule has 2 N–H and O–H groups in total. The van der Waals surface area contributed by atoms with Crippen LogP contribution in [0.15, 0.2) is 42.6 Å². The molecular formula is C18H21N3O4S. The summed E-state index contributed by atoms with van der Waals surface area (Å²) in [6.07, 6.45) is 1.94. The lowest BCUT2D eigenvalue weighted by molar-refractivity contribution is 0.0941. The lowest BCUT2D eigenvalue weighted by atomic mass is 10.2. The summed E-state index contributed by atoms with van der Waals surface area (Å²) < 4.78 is 28.0. The number of sulfone groups is 1. The fourth-order valence-electron chi connectivity index (χ4n) is 2.75. The van der Waals surface area contributed by atoms with Crippen LogP contribution in [0.2, 0.25) is 0 Å². The zero-order valence-electron chi connectivity index (χ0n) is 14.4. The molecule has 26 heavy (non-hydrogen) atoms. The Kier molecular flexibility index (Phi) is 5.41. The van der Waals surface area contributed by atoms with Crippen LogP contribution >= 0.6 is 0 Å². The van der Waals surface area contributed by atoms with Gasteiger partial charge < -0.3 is 15.4 Å². The van der Waals surface area contributed by atoms with Gasteiger partial charge in [0.1, 0.15) is 11.6 Å². The van der Waals surface area contributed by atoms with E-state index in [4.69, 9.17) is 4.74 Å². The predicted octanol–water partition coefficient (Wildman–Crippen LogP) is 1.62. The van der Waals surface area contributed by atoms with E-state index in [1.165, 1.54) is 6.20 Å². The minimum absolute atomic E-state index is 0.00761. The maximum atomic E-state index is 12.2. The smallest absolute Gasteiger partial charge is 0.253 e. The summed E-state index contributed by atoms with van der Waals surface area (Å²) in [6, 6.07) is 10.8. The number of methoxy groups -OCH3 is 1. The van der Waals surface area contributed by atoms with Gasteiger partial charge in [-0.25, -0.2) is 13.4 Å². The third-order valence-electron chi connectivity index (χ3n) is 4.23. The normalized spacial score (nSPS) is 18.3. The number of hydrogen-bond donors (Lipinski definition) is 2. The Morgan fingerprint density at radius 1 is 1.23 bits per heavy atom. The first kappa shape index (κ1) is 18.2. The fraction of sp³-hybridized carbons (Fsp3) is 0.333. The molecule has 1 fully saturated rings. The van der Waals surface area contributed by atoms with Crippen LogP contribution in [0.5, 0.6) is 5.75 Å². The maximum absolute atomic E-state index is 12.2.